The highest BCUT2D eigenvalue weighted by Crippen LogP contribution is 2.25. The Morgan fingerprint density at radius 2 is 1.76 bits per heavy atom. The lowest BCUT2D eigenvalue weighted by molar-refractivity contribution is -0.119. The van der Waals surface area contributed by atoms with Gasteiger partial charge in [0, 0.05) is 0 Å². The number of benzene rings is 1. The monoisotopic (exact) mass is 432 g/mol. The van der Waals surface area contributed by atoms with Gasteiger partial charge < -0.3 is 10.1 Å². The number of hydrogen-bond acceptors (Lipinski definition) is 5. The molecule has 7 nitrogen and oxygen atoms in total. The molecule has 1 amide bonds. The summed E-state index contributed by atoms with van der Waals surface area (Å²) in [5.74, 6) is -1.05. The molecule has 9 heteroatoms. The highest BCUT2D eigenvalue weighted by atomic mass is 35.5. The van der Waals surface area contributed by atoms with E-state index in [1.807, 2.05) is 30.3 Å². The second-order valence-corrected chi connectivity index (χ2v) is 7.12. The van der Waals surface area contributed by atoms with Crippen LogP contribution in [0.5, 0.6) is 0 Å². The van der Waals surface area contributed by atoms with Gasteiger partial charge in [-0.15, -0.1) is 0 Å². The smallest absolute Gasteiger partial charge is 0.342 e. The zero-order valence-corrected chi connectivity index (χ0v) is 17.5. The molecule has 0 unspecified atom stereocenters. The van der Waals surface area contributed by atoms with Crippen LogP contribution in [-0.2, 0) is 9.53 Å². The van der Waals surface area contributed by atoms with Crippen LogP contribution < -0.4 is 5.32 Å². The SMILES string of the molecule is Cc1nc(NC(=O)COC(=O)c2c(C)nn(-c3ccccc3)c2C)c(Cl)cc1Cl. The predicted octanol–water partition coefficient (Wildman–Crippen LogP) is 4.29. The summed E-state index contributed by atoms with van der Waals surface area (Å²) >= 11 is 12.0. The van der Waals surface area contributed by atoms with Crippen molar-refractivity contribution in [2.45, 2.75) is 20.8 Å². The van der Waals surface area contributed by atoms with Crippen molar-refractivity contribution in [1.29, 1.82) is 0 Å². The van der Waals surface area contributed by atoms with Crippen LogP contribution in [-0.4, -0.2) is 33.2 Å². The van der Waals surface area contributed by atoms with Crippen LogP contribution in [0.4, 0.5) is 5.82 Å². The average Bonchev–Trinajstić information content (AvgIpc) is 2.99. The summed E-state index contributed by atoms with van der Waals surface area (Å²) < 4.78 is 6.82. The Morgan fingerprint density at radius 1 is 1.07 bits per heavy atom. The van der Waals surface area contributed by atoms with Gasteiger partial charge in [-0.3, -0.25) is 4.79 Å². The van der Waals surface area contributed by atoms with Gasteiger partial charge in [-0.2, -0.15) is 5.10 Å². The number of esters is 1. The van der Waals surface area contributed by atoms with Crippen molar-refractivity contribution < 1.29 is 14.3 Å². The summed E-state index contributed by atoms with van der Waals surface area (Å²) in [6, 6.07) is 10.9. The van der Waals surface area contributed by atoms with E-state index in [-0.39, 0.29) is 10.8 Å². The summed E-state index contributed by atoms with van der Waals surface area (Å²) in [6.07, 6.45) is 0. The first-order valence-electron chi connectivity index (χ1n) is 8.69. The molecule has 1 N–H and O–H groups in total. The molecule has 0 bridgehead atoms. The fraction of sp³-hybridized carbons (Fsp3) is 0.200. The average molecular weight is 433 g/mol. The first-order chi connectivity index (χ1) is 13.8. The minimum atomic E-state index is -0.635. The molecule has 150 valence electrons. The Morgan fingerprint density at radius 3 is 2.45 bits per heavy atom. The molecular weight excluding hydrogens is 415 g/mol. The maximum Gasteiger partial charge on any atom is 0.342 e. The number of hydrogen-bond donors (Lipinski definition) is 1. The van der Waals surface area contributed by atoms with E-state index in [0.29, 0.717) is 27.7 Å². The lowest BCUT2D eigenvalue weighted by Crippen LogP contribution is -2.22. The molecule has 3 aromatic rings. The molecule has 0 spiro atoms. The maximum atomic E-state index is 12.5. The Labute approximate surface area is 177 Å². The number of carbonyl (C=O) groups is 2. The second kappa shape index (κ2) is 8.63. The first kappa shape index (κ1) is 20.8. The number of pyridine rings is 1. The number of carbonyl (C=O) groups excluding carboxylic acids is 2. The van der Waals surface area contributed by atoms with E-state index in [2.05, 4.69) is 15.4 Å². The summed E-state index contributed by atoms with van der Waals surface area (Å²) in [5.41, 5.74) is 2.79. The topological polar surface area (TPSA) is 86.1 Å². The Bertz CT molecular complexity index is 1080. The molecule has 0 radical (unpaired) electrons. The van der Waals surface area contributed by atoms with Gasteiger partial charge >= 0.3 is 5.97 Å². The van der Waals surface area contributed by atoms with Crippen molar-refractivity contribution in [2.24, 2.45) is 0 Å². The third kappa shape index (κ3) is 4.58. The van der Waals surface area contributed by atoms with E-state index < -0.39 is 18.5 Å². The fourth-order valence-corrected chi connectivity index (χ4v) is 3.18. The largest absolute Gasteiger partial charge is 0.452 e. The molecule has 0 saturated heterocycles. The van der Waals surface area contributed by atoms with Crippen LogP contribution in [0.3, 0.4) is 0 Å². The molecule has 29 heavy (non-hydrogen) atoms. The van der Waals surface area contributed by atoms with E-state index in [4.69, 9.17) is 27.9 Å². The molecule has 0 aliphatic rings. The minimum Gasteiger partial charge on any atom is -0.452 e. The van der Waals surface area contributed by atoms with E-state index in [1.54, 1.807) is 25.5 Å². The van der Waals surface area contributed by atoms with Gasteiger partial charge in [-0.1, -0.05) is 41.4 Å². The van der Waals surface area contributed by atoms with Gasteiger partial charge in [-0.25, -0.2) is 14.5 Å². The van der Waals surface area contributed by atoms with Gasteiger partial charge in [0.1, 0.15) is 5.56 Å². The molecule has 0 fully saturated rings. The number of nitrogens with zero attached hydrogens (tertiary/aromatic N) is 3. The highest BCUT2D eigenvalue weighted by Gasteiger charge is 2.22. The molecule has 3 rings (SSSR count). The standard InChI is InChI=1S/C20H18Cl2N4O3/c1-11-15(21)9-16(22)19(23-11)24-17(27)10-29-20(28)18-12(2)25-26(13(18)3)14-7-5-4-6-8-14/h4-9H,10H2,1-3H3,(H,23,24,27). The zero-order chi connectivity index (χ0) is 21.1. The lowest BCUT2D eigenvalue weighted by Gasteiger charge is -2.09. The third-order valence-electron chi connectivity index (χ3n) is 4.19. The van der Waals surface area contributed by atoms with Crippen LogP contribution in [0.2, 0.25) is 10.0 Å². The normalized spacial score (nSPS) is 10.7. The Kier molecular flexibility index (Phi) is 6.20. The summed E-state index contributed by atoms with van der Waals surface area (Å²) in [7, 11) is 0. The van der Waals surface area contributed by atoms with Crippen molar-refractivity contribution in [2.75, 3.05) is 11.9 Å². The number of ether oxygens (including phenoxy) is 1. The number of amides is 1. The molecule has 0 saturated carbocycles. The fourth-order valence-electron chi connectivity index (χ4n) is 2.78. The number of aryl methyl sites for hydroxylation is 2. The lowest BCUT2D eigenvalue weighted by atomic mass is 10.2. The van der Waals surface area contributed by atoms with Crippen molar-refractivity contribution in [3.05, 3.63) is 69.1 Å². The van der Waals surface area contributed by atoms with Gasteiger partial charge in [-0.05, 0) is 39.0 Å². The number of anilines is 1. The van der Waals surface area contributed by atoms with Gasteiger partial charge in [0.15, 0.2) is 12.4 Å². The quantitative estimate of drug-likeness (QED) is 0.607. The molecule has 0 atom stereocenters. The van der Waals surface area contributed by atoms with Crippen LogP contribution in [0, 0.1) is 20.8 Å². The molecule has 2 heterocycles. The van der Waals surface area contributed by atoms with Crippen LogP contribution in [0.1, 0.15) is 27.4 Å². The Balaban J connectivity index is 1.69. The molecule has 2 aromatic heterocycles. The van der Waals surface area contributed by atoms with Crippen LogP contribution in [0.25, 0.3) is 5.69 Å². The summed E-state index contributed by atoms with van der Waals surface area (Å²) in [4.78, 5) is 28.8. The van der Waals surface area contributed by atoms with Crippen molar-refractivity contribution >= 4 is 40.9 Å². The molecular formula is C20H18Cl2N4O3. The van der Waals surface area contributed by atoms with Crippen molar-refractivity contribution in [3.63, 3.8) is 0 Å². The van der Waals surface area contributed by atoms with E-state index in [0.717, 1.165) is 5.69 Å². The number of rotatable bonds is 5. The predicted molar refractivity (Wildman–Crippen MR) is 111 cm³/mol. The molecule has 0 aliphatic heterocycles. The Hall–Kier alpha value is -2.90. The summed E-state index contributed by atoms with van der Waals surface area (Å²) in [5, 5.41) is 7.49. The van der Waals surface area contributed by atoms with Gasteiger partial charge in [0.25, 0.3) is 5.91 Å². The van der Waals surface area contributed by atoms with Gasteiger partial charge in [0.05, 0.1) is 32.8 Å². The van der Waals surface area contributed by atoms with Crippen LogP contribution in [0.15, 0.2) is 36.4 Å². The van der Waals surface area contributed by atoms with Crippen molar-refractivity contribution in [1.82, 2.24) is 14.8 Å². The first-order valence-corrected chi connectivity index (χ1v) is 9.44. The maximum absolute atomic E-state index is 12.5. The van der Waals surface area contributed by atoms with Gasteiger partial charge in [0.2, 0.25) is 0 Å². The minimum absolute atomic E-state index is 0.152. The number of halogens is 2. The van der Waals surface area contributed by atoms with E-state index in [1.165, 1.54) is 6.07 Å². The van der Waals surface area contributed by atoms with E-state index >= 15 is 0 Å². The van der Waals surface area contributed by atoms with E-state index in [9.17, 15) is 9.59 Å². The number of para-hydroxylation sites is 1. The number of aromatic nitrogens is 3. The molecule has 0 aliphatic carbocycles. The zero-order valence-electron chi connectivity index (χ0n) is 16.0. The third-order valence-corrected chi connectivity index (χ3v) is 4.86. The second-order valence-electron chi connectivity index (χ2n) is 6.30. The summed E-state index contributed by atoms with van der Waals surface area (Å²) in [6.45, 7) is 4.67. The number of nitrogens with one attached hydrogen (secondary N) is 1. The molecule has 1 aromatic carbocycles. The highest BCUT2D eigenvalue weighted by molar-refractivity contribution is 6.36. The van der Waals surface area contributed by atoms with Crippen LogP contribution >= 0.6 is 23.2 Å². The van der Waals surface area contributed by atoms with Crippen molar-refractivity contribution in [3.8, 4) is 5.69 Å².